The Hall–Kier alpha value is -2.46. The minimum absolute atomic E-state index is 0.00297. The number of hydrogen-bond acceptors (Lipinski definition) is 13. The Morgan fingerprint density at radius 3 is 2.53 bits per heavy atom. The molecule has 4 rings (SSSR count). The number of phosphoric acid groups is 1. The molecule has 2 fully saturated rings. The predicted octanol–water partition coefficient (Wildman–Crippen LogP) is 2.54. The fourth-order valence-corrected chi connectivity index (χ4v) is 6.85. The van der Waals surface area contributed by atoms with Gasteiger partial charge in [-0.15, -0.1) is 9.42 Å². The molecular formula is C26H41N6O11P2+. The first-order valence-electron chi connectivity index (χ1n) is 14.9. The van der Waals surface area contributed by atoms with E-state index < -0.39 is 53.3 Å². The van der Waals surface area contributed by atoms with Gasteiger partial charge in [-0.3, -0.25) is 18.4 Å². The molecule has 5 N–H and O–H groups in total. The van der Waals surface area contributed by atoms with E-state index in [1.165, 1.54) is 22.1 Å². The fourth-order valence-electron chi connectivity index (χ4n) is 5.59. The second-order valence-corrected chi connectivity index (χ2v) is 13.4. The SMILES string of the molecule is CC(=O)CCCCCCCCC(=O)N1C[C@H](O)C[C@H]1COP(=O)(O)O[C@H]1C[C@H](n2cnc3c(N)ncnc32)O[C@@H]1CO[P+](=O)O. The Labute approximate surface area is 261 Å². The summed E-state index contributed by atoms with van der Waals surface area (Å²) in [5, 5.41) is 10.2. The van der Waals surface area contributed by atoms with Gasteiger partial charge in [-0.25, -0.2) is 19.5 Å². The largest absolute Gasteiger partial charge is 0.694 e. The van der Waals surface area contributed by atoms with Crippen LogP contribution in [-0.4, -0.2) is 95.1 Å². The van der Waals surface area contributed by atoms with Gasteiger partial charge in [0.2, 0.25) is 5.91 Å². The Kier molecular flexibility index (Phi) is 12.9. The van der Waals surface area contributed by atoms with Crippen LogP contribution in [0.3, 0.4) is 0 Å². The monoisotopic (exact) mass is 675 g/mol. The number of fused-ring (bicyclic) bond motifs is 1. The number of anilines is 1. The number of aromatic nitrogens is 4. The number of Topliss-reactive ketones (excluding diaryl/α,β-unsaturated/α-hetero) is 1. The number of nitrogens with zero attached hydrogens (tertiary/aromatic N) is 5. The van der Waals surface area contributed by atoms with Crippen LogP contribution in [0.1, 0.15) is 77.4 Å². The molecule has 2 aliphatic rings. The van der Waals surface area contributed by atoms with E-state index in [1.54, 1.807) is 6.92 Å². The zero-order chi connectivity index (χ0) is 32.6. The summed E-state index contributed by atoms with van der Waals surface area (Å²) >= 11 is 0. The lowest BCUT2D eigenvalue weighted by atomic mass is 10.1. The van der Waals surface area contributed by atoms with E-state index in [2.05, 4.69) is 15.0 Å². The minimum atomic E-state index is -4.74. The molecule has 0 saturated carbocycles. The minimum Gasteiger partial charge on any atom is -0.391 e. The van der Waals surface area contributed by atoms with Crippen LogP contribution in [0.15, 0.2) is 12.7 Å². The van der Waals surface area contributed by atoms with Crippen LogP contribution in [0.2, 0.25) is 0 Å². The Morgan fingerprint density at radius 2 is 1.82 bits per heavy atom. The molecule has 2 saturated heterocycles. The van der Waals surface area contributed by atoms with Crippen molar-refractivity contribution in [1.29, 1.82) is 0 Å². The second kappa shape index (κ2) is 16.4. The first kappa shape index (κ1) is 35.4. The van der Waals surface area contributed by atoms with E-state index in [4.69, 9.17) is 28.9 Å². The highest BCUT2D eigenvalue weighted by molar-refractivity contribution is 7.47. The number of phosphoric ester groups is 1. The van der Waals surface area contributed by atoms with Crippen LogP contribution in [0.4, 0.5) is 5.82 Å². The van der Waals surface area contributed by atoms with Gasteiger partial charge in [-0.2, -0.15) is 0 Å². The van der Waals surface area contributed by atoms with Gasteiger partial charge in [0.1, 0.15) is 42.7 Å². The molecule has 19 heteroatoms. The van der Waals surface area contributed by atoms with Gasteiger partial charge in [0, 0.05) is 30.4 Å². The van der Waals surface area contributed by atoms with Gasteiger partial charge in [0.15, 0.2) is 11.5 Å². The Bertz CT molecular complexity index is 1380. The van der Waals surface area contributed by atoms with Gasteiger partial charge in [-0.05, 0) is 26.2 Å². The van der Waals surface area contributed by atoms with Gasteiger partial charge in [0.25, 0.3) is 0 Å². The van der Waals surface area contributed by atoms with Gasteiger partial charge >= 0.3 is 16.1 Å². The van der Waals surface area contributed by atoms with Crippen molar-refractivity contribution in [3.63, 3.8) is 0 Å². The van der Waals surface area contributed by atoms with Crippen molar-refractivity contribution in [2.24, 2.45) is 0 Å². The number of likely N-dealkylation sites (tertiary alicyclic amines) is 1. The number of imidazole rings is 1. The number of ether oxygens (including phenoxy) is 1. The number of nitrogens with two attached hydrogens (primary N) is 1. The molecule has 17 nitrogen and oxygen atoms in total. The number of carbonyl (C=O) groups excluding carboxylic acids is 2. The van der Waals surface area contributed by atoms with Crippen molar-refractivity contribution in [3.05, 3.63) is 12.7 Å². The van der Waals surface area contributed by atoms with Crippen LogP contribution in [0.5, 0.6) is 0 Å². The van der Waals surface area contributed by atoms with Crippen LogP contribution < -0.4 is 5.73 Å². The molecule has 0 aromatic carbocycles. The molecule has 2 aliphatic heterocycles. The molecule has 0 aliphatic carbocycles. The van der Waals surface area contributed by atoms with E-state index in [0.29, 0.717) is 24.0 Å². The van der Waals surface area contributed by atoms with Gasteiger partial charge in [-0.1, -0.05) is 25.7 Å². The number of aliphatic hydroxyl groups is 1. The third-order valence-corrected chi connectivity index (χ3v) is 9.19. The van der Waals surface area contributed by atoms with E-state index in [-0.39, 0.29) is 49.9 Å². The van der Waals surface area contributed by atoms with Crippen molar-refractivity contribution in [2.45, 2.75) is 102 Å². The number of ketones is 1. The summed E-state index contributed by atoms with van der Waals surface area (Å²) in [5.74, 6) is 0.164. The maximum atomic E-state index is 13.0. The van der Waals surface area contributed by atoms with Crippen molar-refractivity contribution >= 4 is 44.7 Å². The van der Waals surface area contributed by atoms with Crippen LogP contribution in [0, 0.1) is 0 Å². The topological polar surface area (TPSA) is 239 Å². The maximum Gasteiger partial charge on any atom is 0.694 e. The molecule has 4 heterocycles. The summed E-state index contributed by atoms with van der Waals surface area (Å²) in [7, 11) is -7.72. The fraction of sp³-hybridized carbons (Fsp3) is 0.731. The molecule has 2 aromatic rings. The number of rotatable bonds is 18. The zero-order valence-corrected chi connectivity index (χ0v) is 26.8. The maximum absolute atomic E-state index is 13.0. The third kappa shape index (κ3) is 10.3. The number of carbonyl (C=O) groups is 2. The first-order valence-corrected chi connectivity index (χ1v) is 17.6. The zero-order valence-electron chi connectivity index (χ0n) is 25.0. The summed E-state index contributed by atoms with van der Waals surface area (Å²) in [6.07, 6.45) is 5.29. The van der Waals surface area contributed by atoms with Crippen molar-refractivity contribution < 1.29 is 51.9 Å². The van der Waals surface area contributed by atoms with E-state index in [9.17, 15) is 28.7 Å². The van der Waals surface area contributed by atoms with Gasteiger partial charge < -0.3 is 30.2 Å². The summed E-state index contributed by atoms with van der Waals surface area (Å²) < 4.78 is 47.2. The van der Waals surface area contributed by atoms with Crippen molar-refractivity contribution in [3.8, 4) is 0 Å². The molecule has 0 bridgehead atoms. The molecule has 0 radical (unpaired) electrons. The van der Waals surface area contributed by atoms with Crippen molar-refractivity contribution in [1.82, 2.24) is 24.4 Å². The van der Waals surface area contributed by atoms with Crippen LogP contribution in [-0.2, 0) is 37.0 Å². The highest BCUT2D eigenvalue weighted by Gasteiger charge is 2.44. The normalized spacial score (nSPS) is 25.1. The number of nitrogen functional groups attached to an aromatic ring is 1. The van der Waals surface area contributed by atoms with Crippen LogP contribution >= 0.6 is 16.1 Å². The summed E-state index contributed by atoms with van der Waals surface area (Å²) in [5.41, 5.74) is 6.53. The molecule has 1 amide bonds. The lowest BCUT2D eigenvalue weighted by Gasteiger charge is -2.26. The predicted molar refractivity (Wildman–Crippen MR) is 158 cm³/mol. The van der Waals surface area contributed by atoms with Crippen LogP contribution in [0.25, 0.3) is 11.2 Å². The standard InChI is InChI=1S/C26H40N6O11P2/c1-17(33)8-6-4-2-3-5-7-9-22(35)31-12-19(34)10-18(31)13-41-45(38,39)43-20-11-23(42-21(20)14-40-44(36)37)32-16-30-24-25(27)28-15-29-26(24)32/h15-16,18-21,23,34H,2-14H2,1H3,(H3-,27,28,29,36,37,38,39)/p+1/t18-,19+,20-,21+,23+/m0/s1. The Morgan fingerprint density at radius 1 is 1.11 bits per heavy atom. The molecule has 250 valence electrons. The average Bonchev–Trinajstić information content (AvgIpc) is 3.68. The highest BCUT2D eigenvalue weighted by atomic mass is 31.2. The molecular weight excluding hydrogens is 634 g/mol. The van der Waals surface area contributed by atoms with Crippen molar-refractivity contribution in [2.75, 3.05) is 25.5 Å². The summed E-state index contributed by atoms with van der Waals surface area (Å²) in [6, 6.07) is -0.629. The quantitative estimate of drug-likeness (QED) is 0.131. The molecule has 2 unspecified atom stereocenters. The smallest absolute Gasteiger partial charge is 0.391 e. The number of aliphatic hydroxyl groups excluding tert-OH is 1. The van der Waals surface area contributed by atoms with E-state index in [0.717, 1.165) is 32.1 Å². The lowest BCUT2D eigenvalue weighted by molar-refractivity contribution is -0.133. The summed E-state index contributed by atoms with van der Waals surface area (Å²) in [4.78, 5) is 57.4. The molecule has 2 aromatic heterocycles. The number of unbranched alkanes of at least 4 members (excludes halogenated alkanes) is 5. The van der Waals surface area contributed by atoms with Gasteiger partial charge in [0.05, 0.1) is 25.1 Å². The highest BCUT2D eigenvalue weighted by Crippen LogP contribution is 2.49. The number of amides is 1. The number of hydrogen-bond donors (Lipinski definition) is 4. The molecule has 7 atom stereocenters. The average molecular weight is 676 g/mol. The Balaban J connectivity index is 1.30. The first-order chi connectivity index (χ1) is 21.4. The second-order valence-electron chi connectivity index (χ2n) is 11.3. The van der Waals surface area contributed by atoms with E-state index in [1.807, 2.05) is 0 Å². The molecule has 45 heavy (non-hydrogen) atoms. The lowest BCUT2D eigenvalue weighted by Crippen LogP contribution is -2.38. The molecule has 0 spiro atoms. The number of β-amino-alcohol motifs (C(OH)–C–C–N with tert-alkyl or cyclic N) is 1. The summed E-state index contributed by atoms with van der Waals surface area (Å²) in [6.45, 7) is 0.904. The van der Waals surface area contributed by atoms with E-state index >= 15 is 0 Å². The third-order valence-electron chi connectivity index (χ3n) is 7.81.